The lowest BCUT2D eigenvalue weighted by molar-refractivity contribution is 0.968. The van der Waals surface area contributed by atoms with Crippen LogP contribution >= 0.6 is 0 Å². The van der Waals surface area contributed by atoms with E-state index in [-0.39, 0.29) is 0 Å². The lowest BCUT2D eigenvalue weighted by Gasteiger charge is -2.15. The van der Waals surface area contributed by atoms with Crippen LogP contribution in [0.1, 0.15) is 47.5 Å². The van der Waals surface area contributed by atoms with E-state index in [2.05, 4.69) is 70.8 Å². The smallest absolute Gasteiger partial charge is 0.0363 e. The van der Waals surface area contributed by atoms with Crippen LogP contribution < -0.4 is 4.90 Å². The standard InChI is InChI=1S/C9H13N.2C3H8/c1-3-10(2)9-7-5-4-6-8-9;2*1-3-2/h4-8H,3H2,1-2H3;2*3H2,1-2H3. The molecule has 0 fully saturated rings. The number of para-hydroxylation sites is 1. The molecule has 0 radical (unpaired) electrons. The summed E-state index contributed by atoms with van der Waals surface area (Å²) in [6.45, 7) is 11.7. The topological polar surface area (TPSA) is 3.24 Å². The maximum atomic E-state index is 2.21. The van der Waals surface area contributed by atoms with Gasteiger partial charge in [0.05, 0.1) is 0 Å². The molecule has 0 saturated heterocycles. The molecule has 0 N–H and O–H groups in total. The number of anilines is 1. The zero-order valence-electron chi connectivity index (χ0n) is 12.0. The Hall–Kier alpha value is -0.980. The predicted molar refractivity (Wildman–Crippen MR) is 77.3 cm³/mol. The van der Waals surface area contributed by atoms with Crippen molar-refractivity contribution in [3.8, 4) is 0 Å². The van der Waals surface area contributed by atoms with E-state index in [0.717, 1.165) is 6.54 Å². The molecule has 1 rings (SSSR count). The molecule has 1 nitrogen and oxygen atoms in total. The van der Waals surface area contributed by atoms with E-state index in [1.807, 2.05) is 6.07 Å². The van der Waals surface area contributed by atoms with Gasteiger partial charge in [0, 0.05) is 19.3 Å². The van der Waals surface area contributed by atoms with Crippen LogP contribution in [0.2, 0.25) is 0 Å². The highest BCUT2D eigenvalue weighted by molar-refractivity contribution is 5.44. The summed E-state index contributed by atoms with van der Waals surface area (Å²) in [6.07, 6.45) is 2.50. The highest BCUT2D eigenvalue weighted by Crippen LogP contribution is 2.09. The average Bonchev–Trinajstić information content (AvgIpc) is 2.31. The molecule has 0 bridgehead atoms. The molecule has 0 saturated carbocycles. The van der Waals surface area contributed by atoms with Crippen LogP contribution in [0.25, 0.3) is 0 Å². The molecule has 0 heterocycles. The zero-order valence-corrected chi connectivity index (χ0v) is 12.0. The molecule has 1 aromatic rings. The molecule has 1 aromatic carbocycles. The van der Waals surface area contributed by atoms with Crippen molar-refractivity contribution >= 4 is 5.69 Å². The van der Waals surface area contributed by atoms with Gasteiger partial charge >= 0.3 is 0 Å². The van der Waals surface area contributed by atoms with E-state index >= 15 is 0 Å². The van der Waals surface area contributed by atoms with Crippen molar-refractivity contribution in [2.45, 2.75) is 47.5 Å². The van der Waals surface area contributed by atoms with Gasteiger partial charge in [0.25, 0.3) is 0 Å². The maximum absolute atomic E-state index is 2.21. The Labute approximate surface area is 102 Å². The van der Waals surface area contributed by atoms with Gasteiger partial charge in [-0.1, -0.05) is 58.7 Å². The summed E-state index contributed by atoms with van der Waals surface area (Å²) in [5.41, 5.74) is 1.28. The summed E-state index contributed by atoms with van der Waals surface area (Å²) in [5.74, 6) is 0. The molecule has 0 aliphatic heterocycles. The zero-order chi connectivity index (χ0) is 12.8. The van der Waals surface area contributed by atoms with Gasteiger partial charge in [0.1, 0.15) is 0 Å². The molecular weight excluding hydrogens is 194 g/mol. The molecule has 0 amide bonds. The minimum absolute atomic E-state index is 1.06. The molecule has 0 atom stereocenters. The summed E-state index contributed by atoms with van der Waals surface area (Å²) in [4.78, 5) is 2.21. The Morgan fingerprint density at radius 3 is 1.50 bits per heavy atom. The molecule has 0 unspecified atom stereocenters. The van der Waals surface area contributed by atoms with E-state index in [4.69, 9.17) is 0 Å². The van der Waals surface area contributed by atoms with E-state index in [9.17, 15) is 0 Å². The number of hydrogen-bond donors (Lipinski definition) is 0. The van der Waals surface area contributed by atoms with Gasteiger partial charge in [-0.15, -0.1) is 0 Å². The van der Waals surface area contributed by atoms with Crippen LogP contribution in [0.4, 0.5) is 5.69 Å². The lowest BCUT2D eigenvalue weighted by atomic mass is 10.3. The van der Waals surface area contributed by atoms with Crippen LogP contribution in [0.15, 0.2) is 30.3 Å². The minimum atomic E-state index is 1.06. The van der Waals surface area contributed by atoms with E-state index < -0.39 is 0 Å². The minimum Gasteiger partial charge on any atom is -0.375 e. The highest BCUT2D eigenvalue weighted by atomic mass is 15.1. The average molecular weight is 223 g/mol. The van der Waals surface area contributed by atoms with Gasteiger partial charge < -0.3 is 4.90 Å². The van der Waals surface area contributed by atoms with E-state index in [1.165, 1.54) is 18.5 Å². The largest absolute Gasteiger partial charge is 0.375 e. The van der Waals surface area contributed by atoms with Crippen molar-refractivity contribution in [3.63, 3.8) is 0 Å². The third-order valence-electron chi connectivity index (χ3n) is 1.67. The van der Waals surface area contributed by atoms with Gasteiger partial charge in [-0.05, 0) is 19.1 Å². The normalized spacial score (nSPS) is 8.12. The predicted octanol–water partition coefficient (Wildman–Crippen LogP) is 4.98. The number of nitrogens with zero attached hydrogens (tertiary/aromatic N) is 1. The fourth-order valence-corrected chi connectivity index (χ4v) is 0.865. The Bertz CT molecular complexity index is 204. The number of benzene rings is 1. The fourth-order valence-electron chi connectivity index (χ4n) is 0.865. The number of rotatable bonds is 2. The van der Waals surface area contributed by atoms with Crippen molar-refractivity contribution in [1.82, 2.24) is 0 Å². The Morgan fingerprint density at radius 2 is 1.19 bits per heavy atom. The first kappa shape index (κ1) is 17.4. The van der Waals surface area contributed by atoms with Gasteiger partial charge in [-0.25, -0.2) is 0 Å². The van der Waals surface area contributed by atoms with Gasteiger partial charge in [-0.2, -0.15) is 0 Å². The molecule has 16 heavy (non-hydrogen) atoms. The van der Waals surface area contributed by atoms with E-state index in [1.54, 1.807) is 0 Å². The molecule has 0 aromatic heterocycles. The molecule has 0 aliphatic rings. The SMILES string of the molecule is CCC.CCC.CCN(C)c1ccccc1. The molecule has 0 aliphatic carbocycles. The Morgan fingerprint density at radius 1 is 0.812 bits per heavy atom. The van der Waals surface area contributed by atoms with Crippen molar-refractivity contribution in [2.24, 2.45) is 0 Å². The third-order valence-corrected chi connectivity index (χ3v) is 1.67. The number of hydrogen-bond acceptors (Lipinski definition) is 1. The second-order valence-electron chi connectivity index (χ2n) is 3.76. The van der Waals surface area contributed by atoms with E-state index in [0.29, 0.717) is 0 Å². The van der Waals surface area contributed by atoms with Crippen LogP contribution in [0, 0.1) is 0 Å². The Balaban J connectivity index is 0. The van der Waals surface area contributed by atoms with Crippen molar-refractivity contribution in [3.05, 3.63) is 30.3 Å². The quantitative estimate of drug-likeness (QED) is 0.684. The van der Waals surface area contributed by atoms with Crippen molar-refractivity contribution < 1.29 is 0 Å². The van der Waals surface area contributed by atoms with Gasteiger partial charge in [0.15, 0.2) is 0 Å². The molecular formula is C15H29N. The maximum Gasteiger partial charge on any atom is 0.0363 e. The summed E-state index contributed by atoms with van der Waals surface area (Å²) < 4.78 is 0. The highest BCUT2D eigenvalue weighted by Gasteiger charge is 1.92. The fraction of sp³-hybridized carbons (Fsp3) is 0.600. The summed E-state index contributed by atoms with van der Waals surface area (Å²) >= 11 is 0. The van der Waals surface area contributed by atoms with Crippen molar-refractivity contribution in [1.29, 1.82) is 0 Å². The molecule has 0 spiro atoms. The van der Waals surface area contributed by atoms with Gasteiger partial charge in [-0.3, -0.25) is 0 Å². The summed E-state index contributed by atoms with van der Waals surface area (Å²) in [5, 5.41) is 0. The monoisotopic (exact) mass is 223 g/mol. The van der Waals surface area contributed by atoms with Crippen LogP contribution in [0.5, 0.6) is 0 Å². The summed E-state index contributed by atoms with van der Waals surface area (Å²) in [6, 6.07) is 10.4. The van der Waals surface area contributed by atoms with Crippen LogP contribution in [-0.4, -0.2) is 13.6 Å². The van der Waals surface area contributed by atoms with Crippen molar-refractivity contribution in [2.75, 3.05) is 18.5 Å². The molecule has 94 valence electrons. The van der Waals surface area contributed by atoms with Crippen LogP contribution in [0.3, 0.4) is 0 Å². The second kappa shape index (κ2) is 14.0. The first-order valence-electron chi connectivity index (χ1n) is 6.43. The lowest BCUT2D eigenvalue weighted by Crippen LogP contribution is -2.15. The van der Waals surface area contributed by atoms with Crippen LogP contribution in [-0.2, 0) is 0 Å². The Kier molecular flexibility index (Phi) is 15.3. The second-order valence-corrected chi connectivity index (χ2v) is 3.76. The summed E-state index contributed by atoms with van der Waals surface area (Å²) in [7, 11) is 2.09. The van der Waals surface area contributed by atoms with Gasteiger partial charge in [0.2, 0.25) is 0 Å². The first-order valence-corrected chi connectivity index (χ1v) is 6.43. The molecule has 1 heteroatoms. The first-order chi connectivity index (χ1) is 7.67. The third kappa shape index (κ3) is 11.1.